The number of para-hydroxylation sites is 2. The van der Waals surface area contributed by atoms with Crippen LogP contribution in [0.4, 0.5) is 17.1 Å². The van der Waals surface area contributed by atoms with E-state index in [9.17, 15) is 19.7 Å². The number of benzene rings is 3. The molecule has 0 fully saturated rings. The number of nitrogens with zero attached hydrogens (tertiary/aromatic N) is 1. The molecule has 9 heteroatoms. The number of nitro benzene ring substituents is 1. The van der Waals surface area contributed by atoms with Gasteiger partial charge in [0.25, 0.3) is 11.6 Å². The Hall–Kier alpha value is -4.37. The van der Waals surface area contributed by atoms with Crippen LogP contribution in [-0.4, -0.2) is 21.9 Å². The molecule has 3 rings (SSSR count). The highest BCUT2D eigenvalue weighted by Crippen LogP contribution is 2.17. The molecule has 0 bridgehead atoms. The van der Waals surface area contributed by atoms with E-state index in [4.69, 9.17) is 12.2 Å². The molecule has 0 spiro atoms. The number of amides is 2. The standard InChI is InChI=1S/C23H18N4O4S/c28-21(14-13-16-7-6-10-18(15-16)27(30)31)26-23(32)25-20-12-5-4-11-19(20)22(29)24-17-8-2-1-3-9-17/h1-15H,(H,24,29)(H2,25,26,28,32)/b14-13+. The number of thiocarbonyl (C=S) groups is 1. The summed E-state index contributed by atoms with van der Waals surface area (Å²) in [7, 11) is 0. The maximum Gasteiger partial charge on any atom is 0.270 e. The lowest BCUT2D eigenvalue weighted by Crippen LogP contribution is -2.33. The van der Waals surface area contributed by atoms with E-state index < -0.39 is 10.8 Å². The Labute approximate surface area is 189 Å². The summed E-state index contributed by atoms with van der Waals surface area (Å²) in [6.07, 6.45) is 2.65. The minimum absolute atomic E-state index is 0.00125. The van der Waals surface area contributed by atoms with Gasteiger partial charge in [0, 0.05) is 23.9 Å². The van der Waals surface area contributed by atoms with E-state index in [1.807, 2.05) is 18.2 Å². The molecule has 32 heavy (non-hydrogen) atoms. The summed E-state index contributed by atoms with van der Waals surface area (Å²) in [6, 6.07) is 21.6. The Balaban J connectivity index is 1.62. The van der Waals surface area contributed by atoms with Gasteiger partial charge in [0.15, 0.2) is 5.11 Å². The molecule has 160 valence electrons. The molecule has 0 saturated heterocycles. The topological polar surface area (TPSA) is 113 Å². The summed E-state index contributed by atoms with van der Waals surface area (Å²) in [5.74, 6) is -0.862. The fraction of sp³-hybridized carbons (Fsp3) is 0. The molecule has 3 N–H and O–H groups in total. The number of carbonyl (C=O) groups is 2. The molecule has 0 radical (unpaired) electrons. The first kappa shape index (κ1) is 22.3. The van der Waals surface area contributed by atoms with E-state index in [1.165, 1.54) is 30.4 Å². The van der Waals surface area contributed by atoms with Crippen molar-refractivity contribution in [3.05, 3.63) is 106 Å². The molecule has 0 saturated carbocycles. The van der Waals surface area contributed by atoms with E-state index in [-0.39, 0.29) is 16.7 Å². The van der Waals surface area contributed by atoms with Gasteiger partial charge in [-0.05, 0) is 48.1 Å². The van der Waals surface area contributed by atoms with Gasteiger partial charge in [-0.1, -0.05) is 42.5 Å². The largest absolute Gasteiger partial charge is 0.332 e. The number of anilines is 2. The Kier molecular flexibility index (Phi) is 7.39. The summed E-state index contributed by atoms with van der Waals surface area (Å²) >= 11 is 5.18. The fourth-order valence-corrected chi connectivity index (χ4v) is 2.94. The Morgan fingerprint density at radius 3 is 2.38 bits per heavy atom. The van der Waals surface area contributed by atoms with Crippen molar-refractivity contribution in [2.45, 2.75) is 0 Å². The molecule has 0 atom stereocenters. The van der Waals surface area contributed by atoms with Gasteiger partial charge in [-0.2, -0.15) is 0 Å². The van der Waals surface area contributed by atoms with Crippen molar-refractivity contribution < 1.29 is 14.5 Å². The zero-order chi connectivity index (χ0) is 22.9. The molecule has 0 heterocycles. The molecule has 8 nitrogen and oxygen atoms in total. The van der Waals surface area contributed by atoms with Gasteiger partial charge >= 0.3 is 0 Å². The number of rotatable bonds is 6. The fourth-order valence-electron chi connectivity index (χ4n) is 2.73. The smallest absolute Gasteiger partial charge is 0.270 e. The first-order chi connectivity index (χ1) is 15.4. The third-order valence-electron chi connectivity index (χ3n) is 4.20. The molecule has 0 aromatic heterocycles. The van der Waals surface area contributed by atoms with E-state index in [0.717, 1.165) is 0 Å². The maximum absolute atomic E-state index is 12.6. The predicted molar refractivity (Wildman–Crippen MR) is 127 cm³/mol. The van der Waals surface area contributed by atoms with Gasteiger partial charge in [0.05, 0.1) is 16.2 Å². The van der Waals surface area contributed by atoms with Crippen LogP contribution in [0.15, 0.2) is 84.9 Å². The van der Waals surface area contributed by atoms with Crippen LogP contribution in [0.5, 0.6) is 0 Å². The van der Waals surface area contributed by atoms with Crippen LogP contribution in [-0.2, 0) is 4.79 Å². The van der Waals surface area contributed by atoms with E-state index in [1.54, 1.807) is 42.5 Å². The highest BCUT2D eigenvalue weighted by molar-refractivity contribution is 7.80. The summed E-state index contributed by atoms with van der Waals surface area (Å²) in [6.45, 7) is 0. The van der Waals surface area contributed by atoms with Crippen LogP contribution in [0, 0.1) is 10.1 Å². The normalized spacial score (nSPS) is 10.4. The Morgan fingerprint density at radius 2 is 1.62 bits per heavy atom. The maximum atomic E-state index is 12.6. The van der Waals surface area contributed by atoms with Crippen molar-refractivity contribution in [3.63, 3.8) is 0 Å². The third-order valence-corrected chi connectivity index (χ3v) is 4.40. The van der Waals surface area contributed by atoms with Crippen molar-refractivity contribution >= 4 is 52.3 Å². The molecule has 3 aromatic rings. The van der Waals surface area contributed by atoms with Gasteiger partial charge < -0.3 is 10.6 Å². The first-order valence-corrected chi connectivity index (χ1v) is 9.83. The second-order valence-corrected chi connectivity index (χ2v) is 6.90. The summed E-state index contributed by atoms with van der Waals surface area (Å²) in [4.78, 5) is 35.1. The van der Waals surface area contributed by atoms with Crippen LogP contribution in [0.1, 0.15) is 15.9 Å². The Bertz CT molecular complexity index is 1200. The first-order valence-electron chi connectivity index (χ1n) is 9.42. The lowest BCUT2D eigenvalue weighted by Gasteiger charge is -2.13. The third kappa shape index (κ3) is 6.31. The van der Waals surface area contributed by atoms with E-state index >= 15 is 0 Å². The monoisotopic (exact) mass is 446 g/mol. The highest BCUT2D eigenvalue weighted by Gasteiger charge is 2.13. The zero-order valence-corrected chi connectivity index (χ0v) is 17.5. The van der Waals surface area contributed by atoms with Crippen LogP contribution in [0.2, 0.25) is 0 Å². The van der Waals surface area contributed by atoms with Crippen molar-refractivity contribution in [2.24, 2.45) is 0 Å². The minimum atomic E-state index is -0.528. The molecule has 0 unspecified atom stereocenters. The molecule has 0 aliphatic heterocycles. The second kappa shape index (κ2) is 10.6. The van der Waals surface area contributed by atoms with Crippen LogP contribution >= 0.6 is 12.2 Å². The molecule has 0 aliphatic carbocycles. The molecular formula is C23H18N4O4S. The number of carbonyl (C=O) groups excluding carboxylic acids is 2. The minimum Gasteiger partial charge on any atom is -0.332 e. The average molecular weight is 446 g/mol. The van der Waals surface area contributed by atoms with Gasteiger partial charge in [-0.3, -0.25) is 25.0 Å². The summed E-state index contributed by atoms with van der Waals surface area (Å²) in [5, 5.41) is 19.0. The SMILES string of the molecule is O=C(/C=C/c1cccc([N+](=O)[O-])c1)NC(=S)Nc1ccccc1C(=O)Nc1ccccc1. The van der Waals surface area contributed by atoms with Crippen molar-refractivity contribution in [1.29, 1.82) is 0 Å². The van der Waals surface area contributed by atoms with Crippen molar-refractivity contribution in [2.75, 3.05) is 10.6 Å². The van der Waals surface area contributed by atoms with Crippen LogP contribution < -0.4 is 16.0 Å². The van der Waals surface area contributed by atoms with E-state index in [0.29, 0.717) is 22.5 Å². The summed E-state index contributed by atoms with van der Waals surface area (Å²) < 4.78 is 0. The average Bonchev–Trinajstić information content (AvgIpc) is 2.79. The quantitative estimate of drug-likeness (QED) is 0.224. The molecule has 2 amide bonds. The van der Waals surface area contributed by atoms with Gasteiger partial charge in [-0.25, -0.2) is 0 Å². The van der Waals surface area contributed by atoms with Crippen molar-refractivity contribution in [1.82, 2.24) is 5.32 Å². The Morgan fingerprint density at radius 1 is 0.906 bits per heavy atom. The molecule has 0 aliphatic rings. The number of nitro groups is 1. The van der Waals surface area contributed by atoms with Gasteiger partial charge in [-0.15, -0.1) is 0 Å². The number of nitrogens with one attached hydrogen (secondary N) is 3. The number of hydrogen-bond acceptors (Lipinski definition) is 5. The van der Waals surface area contributed by atoms with Gasteiger partial charge in [0.2, 0.25) is 5.91 Å². The molecular weight excluding hydrogens is 428 g/mol. The predicted octanol–water partition coefficient (Wildman–Crippen LogP) is 4.37. The zero-order valence-electron chi connectivity index (χ0n) is 16.6. The number of hydrogen-bond donors (Lipinski definition) is 3. The summed E-state index contributed by atoms with van der Waals surface area (Å²) in [5.41, 5.74) is 1.84. The van der Waals surface area contributed by atoms with Crippen molar-refractivity contribution in [3.8, 4) is 0 Å². The second-order valence-electron chi connectivity index (χ2n) is 6.49. The van der Waals surface area contributed by atoms with Crippen LogP contribution in [0.3, 0.4) is 0 Å². The number of non-ortho nitro benzene ring substituents is 1. The highest BCUT2D eigenvalue weighted by atomic mass is 32.1. The van der Waals surface area contributed by atoms with Crippen LogP contribution in [0.25, 0.3) is 6.08 Å². The lowest BCUT2D eigenvalue weighted by atomic mass is 10.1. The lowest BCUT2D eigenvalue weighted by molar-refractivity contribution is -0.384. The molecule has 3 aromatic carbocycles. The van der Waals surface area contributed by atoms with E-state index in [2.05, 4.69) is 16.0 Å². The van der Waals surface area contributed by atoms with Gasteiger partial charge in [0.1, 0.15) is 0 Å².